The zero-order chi connectivity index (χ0) is 17.9. The van der Waals surface area contributed by atoms with Crippen molar-refractivity contribution < 1.29 is 9.59 Å². The SMILES string of the molecule is Cc1cc(C)n(CC2(CNC(=O)CCC(=O)Nc3nncs3)CC2)n1. The van der Waals surface area contributed by atoms with Gasteiger partial charge in [0.2, 0.25) is 16.9 Å². The molecule has 25 heavy (non-hydrogen) atoms. The molecule has 0 atom stereocenters. The summed E-state index contributed by atoms with van der Waals surface area (Å²) in [5, 5.41) is 17.9. The minimum absolute atomic E-state index is 0.105. The molecule has 2 amide bonds. The molecule has 1 saturated carbocycles. The summed E-state index contributed by atoms with van der Waals surface area (Å²) in [5.41, 5.74) is 3.80. The summed E-state index contributed by atoms with van der Waals surface area (Å²) >= 11 is 1.25. The number of nitrogens with zero attached hydrogens (tertiary/aromatic N) is 4. The maximum Gasteiger partial charge on any atom is 0.226 e. The highest BCUT2D eigenvalue weighted by Crippen LogP contribution is 2.46. The van der Waals surface area contributed by atoms with Gasteiger partial charge in [-0.3, -0.25) is 14.3 Å². The van der Waals surface area contributed by atoms with Gasteiger partial charge < -0.3 is 10.6 Å². The number of nitrogens with one attached hydrogen (secondary N) is 2. The smallest absolute Gasteiger partial charge is 0.226 e. The molecule has 134 valence electrons. The number of aryl methyl sites for hydroxylation is 2. The number of carbonyl (C=O) groups excluding carboxylic acids is 2. The lowest BCUT2D eigenvalue weighted by molar-refractivity contribution is -0.124. The Morgan fingerprint density at radius 1 is 1.28 bits per heavy atom. The van der Waals surface area contributed by atoms with E-state index in [0.717, 1.165) is 30.8 Å². The van der Waals surface area contributed by atoms with E-state index in [1.807, 2.05) is 18.5 Å². The predicted octanol–water partition coefficient (Wildman–Crippen LogP) is 1.67. The van der Waals surface area contributed by atoms with E-state index in [1.54, 1.807) is 5.51 Å². The Kier molecular flexibility index (Phi) is 5.12. The maximum absolute atomic E-state index is 12.0. The average molecular weight is 362 g/mol. The minimum atomic E-state index is -0.226. The lowest BCUT2D eigenvalue weighted by atomic mass is 10.1. The molecule has 2 aromatic heterocycles. The molecule has 0 spiro atoms. The van der Waals surface area contributed by atoms with E-state index < -0.39 is 0 Å². The van der Waals surface area contributed by atoms with Crippen LogP contribution in [0.5, 0.6) is 0 Å². The predicted molar refractivity (Wildman–Crippen MR) is 94.2 cm³/mol. The van der Waals surface area contributed by atoms with Crippen LogP contribution in [-0.4, -0.2) is 38.3 Å². The fourth-order valence-electron chi connectivity index (χ4n) is 2.73. The largest absolute Gasteiger partial charge is 0.355 e. The van der Waals surface area contributed by atoms with E-state index in [4.69, 9.17) is 0 Å². The fraction of sp³-hybridized carbons (Fsp3) is 0.562. The molecule has 0 unspecified atom stereocenters. The summed E-state index contributed by atoms with van der Waals surface area (Å²) in [6, 6.07) is 2.06. The van der Waals surface area contributed by atoms with E-state index >= 15 is 0 Å². The molecule has 1 aliphatic rings. The Bertz CT molecular complexity index is 751. The highest BCUT2D eigenvalue weighted by atomic mass is 32.1. The van der Waals surface area contributed by atoms with Gasteiger partial charge in [0.25, 0.3) is 0 Å². The van der Waals surface area contributed by atoms with Crippen molar-refractivity contribution in [1.29, 1.82) is 0 Å². The van der Waals surface area contributed by atoms with Crippen LogP contribution >= 0.6 is 11.3 Å². The molecule has 2 aromatic rings. The van der Waals surface area contributed by atoms with Gasteiger partial charge in [-0.25, -0.2) is 0 Å². The standard InChI is InChI=1S/C16H22N6O2S/c1-11-7-12(2)22(21-11)9-16(5-6-16)8-17-13(23)3-4-14(24)19-15-20-18-10-25-15/h7,10H,3-6,8-9H2,1-2H3,(H,17,23)(H,19,20,24). The van der Waals surface area contributed by atoms with Crippen LogP contribution in [0.1, 0.15) is 37.1 Å². The lowest BCUT2D eigenvalue weighted by Gasteiger charge is -2.17. The van der Waals surface area contributed by atoms with Crippen LogP contribution in [0.25, 0.3) is 0 Å². The van der Waals surface area contributed by atoms with Gasteiger partial charge in [-0.1, -0.05) is 11.3 Å². The molecule has 0 aromatic carbocycles. The van der Waals surface area contributed by atoms with Crippen molar-refractivity contribution in [3.8, 4) is 0 Å². The van der Waals surface area contributed by atoms with Gasteiger partial charge in [0, 0.05) is 37.0 Å². The van der Waals surface area contributed by atoms with Crippen LogP contribution in [0.3, 0.4) is 0 Å². The van der Waals surface area contributed by atoms with Gasteiger partial charge in [-0.05, 0) is 32.8 Å². The van der Waals surface area contributed by atoms with Crippen molar-refractivity contribution in [1.82, 2.24) is 25.3 Å². The quantitative estimate of drug-likeness (QED) is 0.744. The molecule has 2 N–H and O–H groups in total. The number of rotatable bonds is 8. The third kappa shape index (κ3) is 4.85. The second-order valence-electron chi connectivity index (χ2n) is 6.65. The Morgan fingerprint density at radius 3 is 2.64 bits per heavy atom. The van der Waals surface area contributed by atoms with Gasteiger partial charge in [-0.2, -0.15) is 5.10 Å². The topological polar surface area (TPSA) is 102 Å². The Morgan fingerprint density at radius 2 is 2.04 bits per heavy atom. The number of hydrogen-bond acceptors (Lipinski definition) is 6. The van der Waals surface area contributed by atoms with Crippen molar-refractivity contribution in [3.05, 3.63) is 23.0 Å². The minimum Gasteiger partial charge on any atom is -0.355 e. The maximum atomic E-state index is 12.0. The van der Waals surface area contributed by atoms with E-state index in [9.17, 15) is 9.59 Å². The van der Waals surface area contributed by atoms with E-state index in [-0.39, 0.29) is 30.1 Å². The van der Waals surface area contributed by atoms with Gasteiger partial charge >= 0.3 is 0 Å². The van der Waals surface area contributed by atoms with Gasteiger partial charge in [-0.15, -0.1) is 10.2 Å². The van der Waals surface area contributed by atoms with Crippen molar-refractivity contribution in [3.63, 3.8) is 0 Å². The Hall–Kier alpha value is -2.29. The van der Waals surface area contributed by atoms with Crippen molar-refractivity contribution in [2.75, 3.05) is 11.9 Å². The molecule has 1 fully saturated rings. The first-order valence-electron chi connectivity index (χ1n) is 8.30. The molecule has 8 nitrogen and oxygen atoms in total. The van der Waals surface area contributed by atoms with Gasteiger partial charge in [0.15, 0.2) is 0 Å². The summed E-state index contributed by atoms with van der Waals surface area (Å²) in [5.74, 6) is -0.331. The number of carbonyl (C=O) groups is 2. The summed E-state index contributed by atoms with van der Waals surface area (Å²) in [7, 11) is 0. The second-order valence-corrected chi connectivity index (χ2v) is 7.49. The second kappa shape index (κ2) is 7.30. The molecule has 9 heteroatoms. The summed E-state index contributed by atoms with van der Waals surface area (Å²) in [6.45, 7) is 5.48. The van der Waals surface area contributed by atoms with E-state index in [1.165, 1.54) is 11.3 Å². The number of hydrogen-bond donors (Lipinski definition) is 2. The Labute approximate surface area is 150 Å². The summed E-state index contributed by atoms with van der Waals surface area (Å²) in [6.07, 6.45) is 2.48. The summed E-state index contributed by atoms with van der Waals surface area (Å²) < 4.78 is 2.02. The van der Waals surface area contributed by atoms with Crippen LogP contribution in [0.4, 0.5) is 5.13 Å². The van der Waals surface area contributed by atoms with Crippen molar-refractivity contribution >= 4 is 28.3 Å². The fourth-order valence-corrected chi connectivity index (χ4v) is 3.19. The zero-order valence-corrected chi connectivity index (χ0v) is 15.2. The highest BCUT2D eigenvalue weighted by molar-refractivity contribution is 7.13. The first-order valence-corrected chi connectivity index (χ1v) is 9.18. The van der Waals surface area contributed by atoms with Crippen molar-refractivity contribution in [2.45, 2.75) is 46.1 Å². The van der Waals surface area contributed by atoms with Crippen LogP contribution in [0, 0.1) is 19.3 Å². The lowest BCUT2D eigenvalue weighted by Crippen LogP contribution is -2.33. The Balaban J connectivity index is 1.40. The average Bonchev–Trinajstić information content (AvgIpc) is 2.98. The van der Waals surface area contributed by atoms with Gasteiger partial charge in [0.1, 0.15) is 5.51 Å². The third-order valence-corrected chi connectivity index (χ3v) is 5.00. The number of anilines is 1. The third-order valence-electron chi connectivity index (χ3n) is 4.39. The molecule has 3 rings (SSSR count). The molecule has 0 radical (unpaired) electrons. The first kappa shape index (κ1) is 17.5. The number of aromatic nitrogens is 4. The summed E-state index contributed by atoms with van der Waals surface area (Å²) in [4.78, 5) is 23.8. The van der Waals surface area contributed by atoms with Crippen LogP contribution in [-0.2, 0) is 16.1 Å². The molecular weight excluding hydrogens is 340 g/mol. The van der Waals surface area contributed by atoms with Crippen LogP contribution in [0.15, 0.2) is 11.6 Å². The molecule has 0 bridgehead atoms. The van der Waals surface area contributed by atoms with Crippen molar-refractivity contribution in [2.24, 2.45) is 5.41 Å². The van der Waals surface area contributed by atoms with Crippen LogP contribution in [0.2, 0.25) is 0 Å². The molecule has 1 aliphatic carbocycles. The van der Waals surface area contributed by atoms with Gasteiger partial charge in [0.05, 0.1) is 5.69 Å². The number of amides is 2. The molecular formula is C16H22N6O2S. The normalized spacial score (nSPS) is 15.0. The van der Waals surface area contributed by atoms with E-state index in [2.05, 4.69) is 32.0 Å². The van der Waals surface area contributed by atoms with E-state index in [0.29, 0.717) is 11.7 Å². The monoisotopic (exact) mass is 362 g/mol. The molecule has 2 heterocycles. The molecule has 0 aliphatic heterocycles. The highest BCUT2D eigenvalue weighted by Gasteiger charge is 2.43. The first-order chi connectivity index (χ1) is 12.0. The van der Waals surface area contributed by atoms with Crippen LogP contribution < -0.4 is 10.6 Å². The molecule has 0 saturated heterocycles. The zero-order valence-electron chi connectivity index (χ0n) is 14.4.